The van der Waals surface area contributed by atoms with Crippen LogP contribution in [0.2, 0.25) is 0 Å². The second kappa shape index (κ2) is 7.88. The van der Waals surface area contributed by atoms with E-state index in [4.69, 9.17) is 10.5 Å². The monoisotopic (exact) mass is 326 g/mol. The molecule has 2 rings (SSSR count). The fourth-order valence-corrected chi connectivity index (χ4v) is 3.13. The predicted octanol–water partition coefficient (Wildman–Crippen LogP) is 3.03. The summed E-state index contributed by atoms with van der Waals surface area (Å²) < 4.78 is 6.87. The summed E-state index contributed by atoms with van der Waals surface area (Å²) in [6.07, 6.45) is 5.35. The summed E-state index contributed by atoms with van der Waals surface area (Å²) in [4.78, 5) is 2.49. The van der Waals surface area contributed by atoms with Gasteiger partial charge in [-0.15, -0.1) is 0 Å². The van der Waals surface area contributed by atoms with Crippen LogP contribution in [0.15, 0.2) is 28.7 Å². The van der Waals surface area contributed by atoms with Crippen molar-refractivity contribution in [2.24, 2.45) is 5.73 Å². The smallest absolute Gasteiger partial charge is 0.120 e. The van der Waals surface area contributed by atoms with Crippen molar-refractivity contribution in [2.75, 3.05) is 26.2 Å². The quantitative estimate of drug-likeness (QED) is 0.837. The van der Waals surface area contributed by atoms with Crippen LogP contribution in [-0.2, 0) is 0 Å². The fourth-order valence-electron chi connectivity index (χ4n) is 2.75. The molecule has 19 heavy (non-hydrogen) atoms. The maximum atomic E-state index is 5.81. The van der Waals surface area contributed by atoms with Gasteiger partial charge in [-0.2, -0.15) is 0 Å². The van der Waals surface area contributed by atoms with E-state index >= 15 is 0 Å². The first-order valence-corrected chi connectivity index (χ1v) is 7.91. The van der Waals surface area contributed by atoms with Gasteiger partial charge >= 0.3 is 0 Å². The highest BCUT2D eigenvalue weighted by Gasteiger charge is 2.21. The van der Waals surface area contributed by atoms with Crippen LogP contribution >= 0.6 is 15.9 Å². The Kier molecular flexibility index (Phi) is 6.14. The molecule has 2 N–H and O–H groups in total. The Morgan fingerprint density at radius 3 is 2.74 bits per heavy atom. The van der Waals surface area contributed by atoms with E-state index in [1.165, 1.54) is 25.7 Å². The molecule has 0 amide bonds. The SMILES string of the molecule is NCCN(CCOc1cccc(Br)c1)C1CCCC1. The van der Waals surface area contributed by atoms with Gasteiger partial charge in [-0.1, -0.05) is 34.8 Å². The van der Waals surface area contributed by atoms with Crippen LogP contribution in [0.4, 0.5) is 0 Å². The van der Waals surface area contributed by atoms with Gasteiger partial charge in [0, 0.05) is 30.1 Å². The zero-order valence-corrected chi connectivity index (χ0v) is 12.9. The van der Waals surface area contributed by atoms with Gasteiger partial charge in [0.25, 0.3) is 0 Å². The average Bonchev–Trinajstić information content (AvgIpc) is 2.91. The third kappa shape index (κ3) is 4.79. The molecule has 1 aromatic carbocycles. The molecule has 1 aromatic rings. The van der Waals surface area contributed by atoms with Crippen molar-refractivity contribution in [3.63, 3.8) is 0 Å². The Bertz CT molecular complexity index is 380. The van der Waals surface area contributed by atoms with Crippen LogP contribution in [0.5, 0.6) is 5.75 Å². The molecule has 0 radical (unpaired) electrons. The van der Waals surface area contributed by atoms with Gasteiger partial charge in [-0.25, -0.2) is 0 Å². The molecule has 0 heterocycles. The van der Waals surface area contributed by atoms with E-state index in [9.17, 15) is 0 Å². The van der Waals surface area contributed by atoms with Gasteiger partial charge in [-0.05, 0) is 31.0 Å². The lowest BCUT2D eigenvalue weighted by atomic mass is 10.2. The molecule has 0 bridgehead atoms. The van der Waals surface area contributed by atoms with Crippen LogP contribution in [0.25, 0.3) is 0 Å². The van der Waals surface area contributed by atoms with Crippen LogP contribution in [-0.4, -0.2) is 37.2 Å². The molecule has 3 nitrogen and oxygen atoms in total. The summed E-state index contributed by atoms with van der Waals surface area (Å²) in [6.45, 7) is 3.40. The molecule has 0 aromatic heterocycles. The predicted molar refractivity (Wildman–Crippen MR) is 82.5 cm³/mol. The average molecular weight is 327 g/mol. The number of halogens is 1. The van der Waals surface area contributed by atoms with Crippen molar-refractivity contribution >= 4 is 15.9 Å². The minimum Gasteiger partial charge on any atom is -0.492 e. The van der Waals surface area contributed by atoms with Gasteiger partial charge in [0.15, 0.2) is 0 Å². The van der Waals surface area contributed by atoms with Gasteiger partial charge in [-0.3, -0.25) is 4.90 Å². The Balaban J connectivity index is 1.78. The number of benzene rings is 1. The third-order valence-electron chi connectivity index (χ3n) is 3.70. The van der Waals surface area contributed by atoms with Gasteiger partial charge in [0.05, 0.1) is 0 Å². The van der Waals surface area contributed by atoms with Crippen molar-refractivity contribution in [3.05, 3.63) is 28.7 Å². The fraction of sp³-hybridized carbons (Fsp3) is 0.600. The molecule has 0 aliphatic heterocycles. The third-order valence-corrected chi connectivity index (χ3v) is 4.19. The number of hydrogen-bond acceptors (Lipinski definition) is 3. The Morgan fingerprint density at radius 1 is 1.26 bits per heavy atom. The molecule has 0 spiro atoms. The van der Waals surface area contributed by atoms with Crippen molar-refractivity contribution in [2.45, 2.75) is 31.7 Å². The Hall–Kier alpha value is -0.580. The zero-order valence-electron chi connectivity index (χ0n) is 11.4. The van der Waals surface area contributed by atoms with E-state index in [-0.39, 0.29) is 0 Å². The minimum atomic E-state index is 0.717. The van der Waals surface area contributed by atoms with Crippen LogP contribution in [0.3, 0.4) is 0 Å². The van der Waals surface area contributed by atoms with E-state index in [2.05, 4.69) is 20.8 Å². The zero-order chi connectivity index (χ0) is 13.5. The molecule has 0 saturated heterocycles. The lowest BCUT2D eigenvalue weighted by Crippen LogP contribution is -2.39. The van der Waals surface area contributed by atoms with Crippen molar-refractivity contribution in [1.29, 1.82) is 0 Å². The first-order valence-electron chi connectivity index (χ1n) is 7.12. The number of nitrogens with zero attached hydrogens (tertiary/aromatic N) is 1. The maximum absolute atomic E-state index is 5.81. The van der Waals surface area contributed by atoms with E-state index in [0.717, 1.165) is 42.5 Å². The molecule has 0 atom stereocenters. The van der Waals surface area contributed by atoms with Gasteiger partial charge < -0.3 is 10.5 Å². The molecule has 1 aliphatic carbocycles. The highest BCUT2D eigenvalue weighted by atomic mass is 79.9. The number of ether oxygens (including phenoxy) is 1. The van der Waals surface area contributed by atoms with E-state index in [0.29, 0.717) is 0 Å². The summed E-state index contributed by atoms with van der Waals surface area (Å²) in [7, 11) is 0. The number of nitrogens with two attached hydrogens (primary N) is 1. The molecule has 106 valence electrons. The lowest BCUT2D eigenvalue weighted by Gasteiger charge is -2.28. The van der Waals surface area contributed by atoms with Crippen LogP contribution in [0.1, 0.15) is 25.7 Å². The second-order valence-corrected chi connectivity index (χ2v) is 5.98. The van der Waals surface area contributed by atoms with Crippen molar-refractivity contribution < 1.29 is 4.74 Å². The van der Waals surface area contributed by atoms with Crippen molar-refractivity contribution in [3.8, 4) is 5.75 Å². The standard InChI is InChI=1S/C15H23BrN2O/c16-13-4-3-7-15(12-13)19-11-10-18(9-8-17)14-5-1-2-6-14/h3-4,7,12,14H,1-2,5-6,8-11,17H2. The lowest BCUT2D eigenvalue weighted by molar-refractivity contribution is 0.164. The second-order valence-electron chi connectivity index (χ2n) is 5.07. The Labute approximate surface area is 124 Å². The highest BCUT2D eigenvalue weighted by molar-refractivity contribution is 9.10. The largest absolute Gasteiger partial charge is 0.492 e. The molecule has 1 fully saturated rings. The number of hydrogen-bond donors (Lipinski definition) is 1. The summed E-state index contributed by atoms with van der Waals surface area (Å²) >= 11 is 3.45. The summed E-state index contributed by atoms with van der Waals surface area (Å²) in [5.41, 5.74) is 5.71. The summed E-state index contributed by atoms with van der Waals surface area (Å²) in [5.74, 6) is 0.925. The maximum Gasteiger partial charge on any atom is 0.120 e. The van der Waals surface area contributed by atoms with E-state index < -0.39 is 0 Å². The molecular formula is C15H23BrN2O. The summed E-state index contributed by atoms with van der Waals surface area (Å²) in [6, 6.07) is 8.71. The Morgan fingerprint density at radius 2 is 2.05 bits per heavy atom. The van der Waals surface area contributed by atoms with Gasteiger partial charge in [0.2, 0.25) is 0 Å². The van der Waals surface area contributed by atoms with Crippen LogP contribution < -0.4 is 10.5 Å². The number of rotatable bonds is 7. The minimum absolute atomic E-state index is 0.717. The topological polar surface area (TPSA) is 38.5 Å². The molecule has 4 heteroatoms. The normalized spacial score (nSPS) is 16.2. The molecule has 1 saturated carbocycles. The summed E-state index contributed by atoms with van der Waals surface area (Å²) in [5, 5.41) is 0. The van der Waals surface area contributed by atoms with Gasteiger partial charge in [0.1, 0.15) is 12.4 Å². The molecular weight excluding hydrogens is 304 g/mol. The highest BCUT2D eigenvalue weighted by Crippen LogP contribution is 2.23. The van der Waals surface area contributed by atoms with E-state index in [1.54, 1.807) is 0 Å². The van der Waals surface area contributed by atoms with E-state index in [1.807, 2.05) is 24.3 Å². The van der Waals surface area contributed by atoms with Crippen molar-refractivity contribution in [1.82, 2.24) is 4.90 Å². The van der Waals surface area contributed by atoms with Crippen LogP contribution in [0, 0.1) is 0 Å². The molecule has 1 aliphatic rings. The first kappa shape index (κ1) is 14.8. The molecule has 0 unspecified atom stereocenters. The first-order chi connectivity index (χ1) is 9.29.